The van der Waals surface area contributed by atoms with Gasteiger partial charge in [0.1, 0.15) is 5.75 Å². The van der Waals surface area contributed by atoms with Crippen molar-refractivity contribution in [1.29, 1.82) is 0 Å². The molecule has 0 radical (unpaired) electrons. The number of nitrogens with zero attached hydrogens (tertiary/aromatic N) is 4. The average Bonchev–Trinajstić information content (AvgIpc) is 2.49. The van der Waals surface area contributed by atoms with Crippen molar-refractivity contribution in [2.24, 2.45) is 5.84 Å². The molecule has 2 aromatic rings. The second-order valence-electron chi connectivity index (χ2n) is 4.66. The van der Waals surface area contributed by atoms with Gasteiger partial charge in [-0.1, -0.05) is 12.1 Å². The van der Waals surface area contributed by atoms with Gasteiger partial charge in [-0.25, -0.2) is 5.84 Å². The minimum atomic E-state index is 0.262. The molecular formula is C13H19N7O. The van der Waals surface area contributed by atoms with Crippen LogP contribution < -0.4 is 21.5 Å². The van der Waals surface area contributed by atoms with E-state index in [1.807, 2.05) is 26.2 Å². The largest absolute Gasteiger partial charge is 0.508 e. The van der Waals surface area contributed by atoms with Crippen molar-refractivity contribution in [1.82, 2.24) is 15.0 Å². The number of nitrogens with one attached hydrogen (secondary N) is 2. The normalized spacial score (nSPS) is 10.2. The van der Waals surface area contributed by atoms with Crippen LogP contribution in [0.25, 0.3) is 0 Å². The molecule has 0 atom stereocenters. The molecule has 5 N–H and O–H groups in total. The third kappa shape index (κ3) is 4.18. The third-order valence-corrected chi connectivity index (χ3v) is 2.79. The number of nitrogens with two attached hydrogens (primary N) is 1. The molecule has 1 aromatic carbocycles. The molecule has 0 unspecified atom stereocenters. The molecule has 0 amide bonds. The zero-order valence-electron chi connectivity index (χ0n) is 12.0. The van der Waals surface area contributed by atoms with E-state index in [1.165, 1.54) is 0 Å². The van der Waals surface area contributed by atoms with Crippen LogP contribution in [0.3, 0.4) is 0 Å². The summed E-state index contributed by atoms with van der Waals surface area (Å²) in [4.78, 5) is 14.3. The number of aromatic nitrogens is 3. The number of nitrogen functional groups attached to an aromatic ring is 1. The van der Waals surface area contributed by atoms with Gasteiger partial charge in [-0.15, -0.1) is 0 Å². The van der Waals surface area contributed by atoms with Crippen LogP contribution in [0, 0.1) is 0 Å². The summed E-state index contributed by atoms with van der Waals surface area (Å²) in [6.45, 7) is 0.658. The molecule has 1 aromatic heterocycles. The lowest BCUT2D eigenvalue weighted by Crippen LogP contribution is -2.19. The highest BCUT2D eigenvalue weighted by atomic mass is 16.3. The van der Waals surface area contributed by atoms with Crippen molar-refractivity contribution in [2.45, 2.75) is 6.42 Å². The van der Waals surface area contributed by atoms with Crippen LogP contribution in [0.4, 0.5) is 17.8 Å². The van der Waals surface area contributed by atoms with E-state index in [9.17, 15) is 5.11 Å². The Bertz CT molecular complexity index is 586. The smallest absolute Gasteiger partial charge is 0.243 e. The Morgan fingerprint density at radius 2 is 1.76 bits per heavy atom. The van der Waals surface area contributed by atoms with Gasteiger partial charge in [-0.05, 0) is 24.1 Å². The van der Waals surface area contributed by atoms with Gasteiger partial charge in [0.2, 0.25) is 17.8 Å². The van der Waals surface area contributed by atoms with Crippen LogP contribution >= 0.6 is 0 Å². The van der Waals surface area contributed by atoms with Crippen molar-refractivity contribution >= 4 is 17.8 Å². The van der Waals surface area contributed by atoms with Crippen LogP contribution in [0.15, 0.2) is 24.3 Å². The standard InChI is InChI=1S/C13H19N7O/c1-20(2)13-17-11(16-12(18-13)19-14)15-8-7-9-3-5-10(21)6-4-9/h3-6,21H,7-8,14H2,1-2H3,(H2,15,16,17,18,19). The molecule has 0 fully saturated rings. The van der Waals surface area contributed by atoms with Crippen molar-refractivity contribution in [3.63, 3.8) is 0 Å². The topological polar surface area (TPSA) is 112 Å². The van der Waals surface area contributed by atoms with Gasteiger partial charge in [-0.2, -0.15) is 15.0 Å². The molecule has 8 nitrogen and oxygen atoms in total. The first-order chi connectivity index (χ1) is 10.1. The summed E-state index contributed by atoms with van der Waals surface area (Å²) in [5, 5.41) is 12.4. The predicted octanol–water partition coefficient (Wildman–Crippen LogP) is 0.583. The van der Waals surface area contributed by atoms with Gasteiger partial charge < -0.3 is 15.3 Å². The van der Waals surface area contributed by atoms with E-state index >= 15 is 0 Å². The number of rotatable bonds is 6. The van der Waals surface area contributed by atoms with E-state index in [0.29, 0.717) is 24.4 Å². The van der Waals surface area contributed by atoms with Crippen molar-refractivity contribution in [2.75, 3.05) is 36.3 Å². The molecule has 0 saturated heterocycles. The molecule has 8 heteroatoms. The van der Waals surface area contributed by atoms with Crippen LogP contribution in [0.1, 0.15) is 5.56 Å². The molecule has 1 heterocycles. The van der Waals surface area contributed by atoms with Crippen molar-refractivity contribution in [3.05, 3.63) is 29.8 Å². The molecule has 0 spiro atoms. The molecule has 0 bridgehead atoms. The van der Waals surface area contributed by atoms with E-state index in [0.717, 1.165) is 12.0 Å². The number of anilines is 3. The Balaban J connectivity index is 1.99. The highest BCUT2D eigenvalue weighted by Gasteiger charge is 2.06. The first-order valence-corrected chi connectivity index (χ1v) is 6.50. The Morgan fingerprint density at radius 1 is 1.10 bits per heavy atom. The van der Waals surface area contributed by atoms with E-state index < -0.39 is 0 Å². The third-order valence-electron chi connectivity index (χ3n) is 2.79. The Morgan fingerprint density at radius 3 is 2.38 bits per heavy atom. The minimum Gasteiger partial charge on any atom is -0.508 e. The number of benzene rings is 1. The SMILES string of the molecule is CN(C)c1nc(NN)nc(NCCc2ccc(O)cc2)n1. The molecule has 0 saturated carbocycles. The summed E-state index contributed by atoms with van der Waals surface area (Å²) in [5.41, 5.74) is 3.53. The van der Waals surface area contributed by atoms with Crippen LogP contribution in [0.5, 0.6) is 5.75 Å². The number of hydrogen-bond donors (Lipinski definition) is 4. The number of aromatic hydroxyl groups is 1. The second kappa shape index (κ2) is 6.71. The lowest BCUT2D eigenvalue weighted by atomic mass is 10.1. The van der Waals surface area contributed by atoms with Gasteiger partial charge in [0.15, 0.2) is 0 Å². The van der Waals surface area contributed by atoms with Gasteiger partial charge in [0.25, 0.3) is 0 Å². The van der Waals surface area contributed by atoms with E-state index in [2.05, 4.69) is 25.7 Å². The summed E-state index contributed by atoms with van der Waals surface area (Å²) < 4.78 is 0. The van der Waals surface area contributed by atoms with E-state index in [-0.39, 0.29) is 5.75 Å². The maximum Gasteiger partial charge on any atom is 0.243 e. The average molecular weight is 289 g/mol. The Kier molecular flexibility index (Phi) is 4.72. The van der Waals surface area contributed by atoms with Gasteiger partial charge in [0.05, 0.1) is 0 Å². The fraction of sp³-hybridized carbons (Fsp3) is 0.308. The molecule has 112 valence electrons. The molecular weight excluding hydrogens is 270 g/mol. The van der Waals surface area contributed by atoms with Crippen LogP contribution in [-0.4, -0.2) is 40.7 Å². The fourth-order valence-corrected chi connectivity index (χ4v) is 1.69. The van der Waals surface area contributed by atoms with Crippen molar-refractivity contribution < 1.29 is 5.11 Å². The van der Waals surface area contributed by atoms with Gasteiger partial charge in [0, 0.05) is 20.6 Å². The predicted molar refractivity (Wildman–Crippen MR) is 82.3 cm³/mol. The summed E-state index contributed by atoms with van der Waals surface area (Å²) in [7, 11) is 3.69. The Hall–Kier alpha value is -2.61. The highest BCUT2D eigenvalue weighted by molar-refractivity contribution is 5.42. The number of phenolic OH excluding ortho intramolecular Hbond substituents is 1. The quantitative estimate of drug-likeness (QED) is 0.451. The van der Waals surface area contributed by atoms with Crippen LogP contribution in [0.2, 0.25) is 0 Å². The Labute approximate surface area is 123 Å². The zero-order valence-corrected chi connectivity index (χ0v) is 12.0. The van der Waals surface area contributed by atoms with Gasteiger partial charge in [-0.3, -0.25) is 5.43 Å². The first kappa shape index (κ1) is 14.8. The minimum absolute atomic E-state index is 0.262. The summed E-state index contributed by atoms with van der Waals surface area (Å²) in [5.74, 6) is 6.89. The zero-order chi connectivity index (χ0) is 15.2. The summed E-state index contributed by atoms with van der Waals surface area (Å²) in [6.07, 6.45) is 0.786. The maximum absolute atomic E-state index is 9.23. The molecule has 0 aliphatic heterocycles. The second-order valence-corrected chi connectivity index (χ2v) is 4.66. The monoisotopic (exact) mass is 289 g/mol. The van der Waals surface area contributed by atoms with E-state index in [4.69, 9.17) is 5.84 Å². The molecule has 21 heavy (non-hydrogen) atoms. The number of hydrogen-bond acceptors (Lipinski definition) is 8. The number of hydrazine groups is 1. The lowest BCUT2D eigenvalue weighted by Gasteiger charge is -2.13. The molecule has 0 aliphatic rings. The van der Waals surface area contributed by atoms with Gasteiger partial charge >= 0.3 is 0 Å². The van der Waals surface area contributed by atoms with E-state index in [1.54, 1.807) is 17.0 Å². The van der Waals surface area contributed by atoms with Crippen LogP contribution in [-0.2, 0) is 6.42 Å². The number of phenols is 1. The first-order valence-electron chi connectivity index (χ1n) is 6.50. The van der Waals surface area contributed by atoms with Crippen molar-refractivity contribution in [3.8, 4) is 5.75 Å². The molecule has 2 rings (SSSR count). The molecule has 0 aliphatic carbocycles. The fourth-order valence-electron chi connectivity index (χ4n) is 1.69. The summed E-state index contributed by atoms with van der Waals surface area (Å²) in [6, 6.07) is 7.09. The lowest BCUT2D eigenvalue weighted by molar-refractivity contribution is 0.475. The highest BCUT2D eigenvalue weighted by Crippen LogP contribution is 2.12. The summed E-state index contributed by atoms with van der Waals surface area (Å²) >= 11 is 0. The maximum atomic E-state index is 9.23.